The molecule has 6 nitrogen and oxygen atoms in total. The lowest BCUT2D eigenvalue weighted by molar-refractivity contribution is -0.383. The van der Waals surface area contributed by atoms with Crippen molar-refractivity contribution in [1.82, 2.24) is 9.55 Å². The average Bonchev–Trinajstić information content (AvgIpc) is 2.25. The van der Waals surface area contributed by atoms with E-state index in [1.54, 1.807) is 20.0 Å². The van der Waals surface area contributed by atoms with E-state index in [4.69, 9.17) is 0 Å². The van der Waals surface area contributed by atoms with Crippen molar-refractivity contribution < 1.29 is 4.92 Å². The molecule has 0 spiro atoms. The summed E-state index contributed by atoms with van der Waals surface area (Å²) >= 11 is 0. The molecule has 0 N–H and O–H groups in total. The van der Waals surface area contributed by atoms with Gasteiger partial charge in [-0.25, -0.2) is 4.98 Å². The van der Waals surface area contributed by atoms with Gasteiger partial charge in [-0.3, -0.25) is 19.5 Å². The van der Waals surface area contributed by atoms with Crippen LogP contribution in [-0.2, 0) is 7.05 Å². The van der Waals surface area contributed by atoms with Crippen molar-refractivity contribution in [2.75, 3.05) is 0 Å². The molecule has 0 fully saturated rings. The van der Waals surface area contributed by atoms with Crippen LogP contribution in [0.15, 0.2) is 23.0 Å². The van der Waals surface area contributed by atoms with E-state index in [9.17, 15) is 14.9 Å². The maximum absolute atomic E-state index is 11.9. The monoisotopic (exact) mass is 219 g/mol. The summed E-state index contributed by atoms with van der Waals surface area (Å²) in [6, 6.07) is 4.42. The molecule has 2 aromatic rings. The minimum absolute atomic E-state index is 0.0561. The fraction of sp³-hybridized carbons (Fsp3) is 0.200. The van der Waals surface area contributed by atoms with Crippen molar-refractivity contribution in [2.24, 2.45) is 7.05 Å². The molecule has 0 aliphatic rings. The van der Waals surface area contributed by atoms with Gasteiger partial charge in [-0.15, -0.1) is 0 Å². The fourth-order valence-electron chi connectivity index (χ4n) is 1.56. The van der Waals surface area contributed by atoms with Crippen molar-refractivity contribution in [3.63, 3.8) is 0 Å². The Hall–Kier alpha value is -2.24. The van der Waals surface area contributed by atoms with E-state index in [0.29, 0.717) is 11.3 Å². The lowest BCUT2D eigenvalue weighted by atomic mass is 10.2. The number of nitro groups is 1. The van der Waals surface area contributed by atoms with E-state index in [-0.39, 0.29) is 11.1 Å². The summed E-state index contributed by atoms with van der Waals surface area (Å²) in [6.45, 7) is 1.68. The molecule has 0 amide bonds. The van der Waals surface area contributed by atoms with Gasteiger partial charge in [0, 0.05) is 13.1 Å². The summed E-state index contributed by atoms with van der Waals surface area (Å²) in [5.41, 5.74) is -0.241. The predicted molar refractivity (Wildman–Crippen MR) is 58.4 cm³/mol. The van der Waals surface area contributed by atoms with E-state index in [1.165, 1.54) is 16.7 Å². The SMILES string of the molecule is Cc1nc2cccc([N+](=O)[O-])c2c(=O)n1C. The third kappa shape index (κ3) is 1.35. The molecule has 82 valence electrons. The highest BCUT2D eigenvalue weighted by Gasteiger charge is 2.17. The van der Waals surface area contributed by atoms with Gasteiger partial charge in [0.2, 0.25) is 0 Å². The quantitative estimate of drug-likeness (QED) is 0.532. The van der Waals surface area contributed by atoms with Crippen LogP contribution in [0, 0.1) is 17.0 Å². The molecule has 0 aliphatic carbocycles. The molecule has 0 bridgehead atoms. The molecule has 1 heterocycles. The second-order valence-corrected chi connectivity index (χ2v) is 3.45. The summed E-state index contributed by atoms with van der Waals surface area (Å²) in [7, 11) is 1.54. The second-order valence-electron chi connectivity index (χ2n) is 3.45. The highest BCUT2D eigenvalue weighted by Crippen LogP contribution is 2.20. The Morgan fingerprint density at radius 3 is 2.75 bits per heavy atom. The Morgan fingerprint density at radius 2 is 2.12 bits per heavy atom. The zero-order valence-electron chi connectivity index (χ0n) is 8.80. The topological polar surface area (TPSA) is 78.0 Å². The molecule has 0 unspecified atom stereocenters. The number of non-ortho nitro benzene ring substituents is 1. The first kappa shape index (κ1) is 10.3. The first-order valence-corrected chi connectivity index (χ1v) is 4.63. The molecule has 1 aromatic carbocycles. The molecule has 1 aromatic heterocycles. The first-order valence-electron chi connectivity index (χ1n) is 4.63. The minimum atomic E-state index is -0.569. The minimum Gasteiger partial charge on any atom is -0.299 e. The Balaban J connectivity index is 3.04. The van der Waals surface area contributed by atoms with Crippen LogP contribution in [0.25, 0.3) is 10.9 Å². The molecular formula is C10H9N3O3. The van der Waals surface area contributed by atoms with Crippen LogP contribution in [0.5, 0.6) is 0 Å². The van der Waals surface area contributed by atoms with Crippen molar-refractivity contribution >= 4 is 16.6 Å². The van der Waals surface area contributed by atoms with E-state index < -0.39 is 10.5 Å². The predicted octanol–water partition coefficient (Wildman–Crippen LogP) is 1.15. The number of aryl methyl sites for hydroxylation is 1. The lowest BCUT2D eigenvalue weighted by Gasteiger charge is -2.04. The highest BCUT2D eigenvalue weighted by atomic mass is 16.6. The largest absolute Gasteiger partial charge is 0.299 e. The Labute approximate surface area is 90.3 Å². The second kappa shape index (κ2) is 3.41. The number of hydrogen-bond donors (Lipinski definition) is 0. The third-order valence-electron chi connectivity index (χ3n) is 2.50. The zero-order valence-corrected chi connectivity index (χ0v) is 8.80. The van der Waals surface area contributed by atoms with Crippen LogP contribution in [-0.4, -0.2) is 14.5 Å². The molecular weight excluding hydrogens is 210 g/mol. The third-order valence-corrected chi connectivity index (χ3v) is 2.50. The summed E-state index contributed by atoms with van der Waals surface area (Å²) in [5, 5.41) is 10.8. The Kier molecular flexibility index (Phi) is 2.19. The molecule has 0 atom stereocenters. The molecule has 2 rings (SSSR count). The number of hydrogen-bond acceptors (Lipinski definition) is 4. The van der Waals surface area contributed by atoms with E-state index in [2.05, 4.69) is 4.98 Å². The van der Waals surface area contributed by atoms with Gasteiger partial charge in [-0.05, 0) is 13.0 Å². The average molecular weight is 219 g/mol. The van der Waals surface area contributed by atoms with Crippen LogP contribution in [0.3, 0.4) is 0 Å². The summed E-state index contributed by atoms with van der Waals surface area (Å²) < 4.78 is 1.30. The van der Waals surface area contributed by atoms with Crippen LogP contribution < -0.4 is 5.56 Å². The summed E-state index contributed by atoms with van der Waals surface area (Å²) in [6.07, 6.45) is 0. The van der Waals surface area contributed by atoms with E-state index in [1.807, 2.05) is 0 Å². The van der Waals surface area contributed by atoms with Gasteiger partial charge in [-0.2, -0.15) is 0 Å². The van der Waals surface area contributed by atoms with Crippen LogP contribution in [0.2, 0.25) is 0 Å². The molecule has 0 radical (unpaired) electrons. The van der Waals surface area contributed by atoms with Crippen molar-refractivity contribution in [3.8, 4) is 0 Å². The lowest BCUT2D eigenvalue weighted by Crippen LogP contribution is -2.21. The Bertz CT molecular complexity index is 646. The molecule has 16 heavy (non-hydrogen) atoms. The van der Waals surface area contributed by atoms with Gasteiger partial charge < -0.3 is 0 Å². The normalized spacial score (nSPS) is 10.6. The van der Waals surface area contributed by atoms with Gasteiger partial charge in [0.05, 0.1) is 10.4 Å². The summed E-state index contributed by atoms with van der Waals surface area (Å²) in [5.74, 6) is 0.526. The van der Waals surface area contributed by atoms with Crippen molar-refractivity contribution in [1.29, 1.82) is 0 Å². The number of rotatable bonds is 1. The van der Waals surface area contributed by atoms with Gasteiger partial charge in [-0.1, -0.05) is 6.07 Å². The van der Waals surface area contributed by atoms with Crippen molar-refractivity contribution in [3.05, 3.63) is 44.5 Å². The van der Waals surface area contributed by atoms with Gasteiger partial charge >= 0.3 is 0 Å². The van der Waals surface area contributed by atoms with Crippen LogP contribution in [0.1, 0.15) is 5.82 Å². The molecule has 0 saturated carbocycles. The number of nitrogens with zero attached hydrogens (tertiary/aromatic N) is 3. The van der Waals surface area contributed by atoms with E-state index >= 15 is 0 Å². The maximum Gasteiger partial charge on any atom is 0.284 e. The molecule has 0 saturated heterocycles. The van der Waals surface area contributed by atoms with Gasteiger partial charge in [0.1, 0.15) is 11.2 Å². The number of benzene rings is 1. The maximum atomic E-state index is 11.9. The number of nitro benzene ring substituents is 1. The highest BCUT2D eigenvalue weighted by molar-refractivity contribution is 5.86. The zero-order chi connectivity index (χ0) is 11.9. The van der Waals surface area contributed by atoms with Crippen LogP contribution in [0.4, 0.5) is 5.69 Å². The fourth-order valence-corrected chi connectivity index (χ4v) is 1.56. The number of aromatic nitrogens is 2. The first-order chi connectivity index (χ1) is 7.52. The van der Waals surface area contributed by atoms with Gasteiger partial charge in [0.15, 0.2) is 0 Å². The smallest absolute Gasteiger partial charge is 0.284 e. The molecule has 6 heteroatoms. The summed E-state index contributed by atoms with van der Waals surface area (Å²) in [4.78, 5) is 26.3. The van der Waals surface area contributed by atoms with Crippen LogP contribution >= 0.6 is 0 Å². The van der Waals surface area contributed by atoms with E-state index in [0.717, 1.165) is 0 Å². The standard InChI is InChI=1S/C10H9N3O3/c1-6-11-7-4-3-5-8(13(15)16)9(7)10(14)12(6)2/h3-5H,1-2H3. The molecule has 0 aliphatic heterocycles. The van der Waals surface area contributed by atoms with Crippen molar-refractivity contribution in [2.45, 2.75) is 6.92 Å². The number of fused-ring (bicyclic) bond motifs is 1. The Morgan fingerprint density at radius 1 is 1.44 bits per heavy atom. The van der Waals surface area contributed by atoms with Gasteiger partial charge in [0.25, 0.3) is 11.2 Å².